The predicted molar refractivity (Wildman–Crippen MR) is 90.2 cm³/mol. The van der Waals surface area contributed by atoms with Gasteiger partial charge in [0.2, 0.25) is 0 Å². The molecule has 0 aromatic carbocycles. The van der Waals surface area contributed by atoms with Crippen LogP contribution in [0.1, 0.15) is 34.2 Å². The van der Waals surface area contributed by atoms with Crippen LogP contribution in [-0.2, 0) is 6.54 Å². The molecule has 0 saturated carbocycles. The summed E-state index contributed by atoms with van der Waals surface area (Å²) in [6, 6.07) is 8.61. The number of piperidine rings is 1. The first-order valence-corrected chi connectivity index (χ1v) is 8.68. The van der Waals surface area contributed by atoms with Gasteiger partial charge in [0.15, 0.2) is 5.65 Å². The molecule has 1 aliphatic heterocycles. The standard InChI is InChI=1S/C17H20N4S/c1-12-4-5-14(22-12)11-21-9-6-13(7-10-21)16-15-3-2-8-18-17(15)20-19-16/h2-5,8,13H,6-7,9-11H2,1H3,(H,18,19,20). The maximum atomic E-state index is 4.34. The minimum atomic E-state index is 0.579. The Morgan fingerprint density at radius 1 is 1.27 bits per heavy atom. The van der Waals surface area contributed by atoms with Crippen molar-refractivity contribution in [3.05, 3.63) is 45.9 Å². The van der Waals surface area contributed by atoms with E-state index < -0.39 is 0 Å². The molecule has 4 heterocycles. The van der Waals surface area contributed by atoms with E-state index in [9.17, 15) is 0 Å². The van der Waals surface area contributed by atoms with Gasteiger partial charge in [-0.05, 0) is 57.1 Å². The molecule has 0 unspecified atom stereocenters. The van der Waals surface area contributed by atoms with E-state index in [-0.39, 0.29) is 0 Å². The highest BCUT2D eigenvalue weighted by atomic mass is 32.1. The first-order chi connectivity index (χ1) is 10.8. The van der Waals surface area contributed by atoms with Gasteiger partial charge in [-0.2, -0.15) is 5.10 Å². The van der Waals surface area contributed by atoms with Gasteiger partial charge in [-0.15, -0.1) is 11.3 Å². The number of aryl methyl sites for hydroxylation is 1. The van der Waals surface area contributed by atoms with Crippen LogP contribution in [0.5, 0.6) is 0 Å². The zero-order valence-corrected chi connectivity index (χ0v) is 13.6. The fourth-order valence-electron chi connectivity index (χ4n) is 3.35. The molecule has 0 atom stereocenters. The van der Waals surface area contributed by atoms with E-state index in [1.54, 1.807) is 6.20 Å². The summed E-state index contributed by atoms with van der Waals surface area (Å²) in [6.45, 7) is 5.58. The van der Waals surface area contributed by atoms with Gasteiger partial charge < -0.3 is 0 Å². The van der Waals surface area contributed by atoms with Gasteiger partial charge in [0.25, 0.3) is 0 Å². The smallest absolute Gasteiger partial charge is 0.181 e. The minimum Gasteiger partial charge on any atom is -0.298 e. The van der Waals surface area contributed by atoms with Crippen LogP contribution < -0.4 is 0 Å². The van der Waals surface area contributed by atoms with Gasteiger partial charge in [0.05, 0.1) is 0 Å². The number of rotatable bonds is 3. The number of aromatic amines is 1. The zero-order chi connectivity index (χ0) is 14.9. The van der Waals surface area contributed by atoms with Gasteiger partial charge >= 0.3 is 0 Å². The Hall–Kier alpha value is -1.72. The normalized spacial score (nSPS) is 17.3. The summed E-state index contributed by atoms with van der Waals surface area (Å²) in [5.74, 6) is 0.579. The van der Waals surface area contributed by atoms with Crippen LogP contribution >= 0.6 is 11.3 Å². The molecule has 22 heavy (non-hydrogen) atoms. The zero-order valence-electron chi connectivity index (χ0n) is 12.7. The molecule has 0 bridgehead atoms. The van der Waals surface area contributed by atoms with Crippen molar-refractivity contribution >= 4 is 22.4 Å². The molecule has 3 aromatic heterocycles. The molecular formula is C17H20N4S. The number of hydrogen-bond acceptors (Lipinski definition) is 4. The average Bonchev–Trinajstić information content (AvgIpc) is 3.14. The highest BCUT2D eigenvalue weighted by Gasteiger charge is 2.24. The Bertz CT molecular complexity index is 768. The van der Waals surface area contributed by atoms with Crippen molar-refractivity contribution in [3.63, 3.8) is 0 Å². The van der Waals surface area contributed by atoms with Crippen LogP contribution in [0.2, 0.25) is 0 Å². The van der Waals surface area contributed by atoms with Gasteiger partial charge in [0, 0.05) is 39.5 Å². The summed E-state index contributed by atoms with van der Waals surface area (Å²) in [7, 11) is 0. The number of pyridine rings is 1. The van der Waals surface area contributed by atoms with Crippen molar-refractivity contribution in [1.82, 2.24) is 20.1 Å². The molecule has 3 aromatic rings. The van der Waals surface area contributed by atoms with Crippen molar-refractivity contribution in [1.29, 1.82) is 0 Å². The topological polar surface area (TPSA) is 44.8 Å². The summed E-state index contributed by atoms with van der Waals surface area (Å²) >= 11 is 1.92. The van der Waals surface area contributed by atoms with Crippen molar-refractivity contribution in [2.45, 2.75) is 32.2 Å². The van der Waals surface area contributed by atoms with Crippen LogP contribution in [-0.4, -0.2) is 33.2 Å². The summed E-state index contributed by atoms with van der Waals surface area (Å²) in [4.78, 5) is 9.77. The lowest BCUT2D eigenvalue weighted by molar-refractivity contribution is 0.205. The molecule has 5 heteroatoms. The van der Waals surface area contributed by atoms with Gasteiger partial charge in [0.1, 0.15) is 0 Å². The number of H-pyrrole nitrogens is 1. The number of thiophene rings is 1. The number of likely N-dealkylation sites (tertiary alicyclic amines) is 1. The number of aromatic nitrogens is 3. The highest BCUT2D eigenvalue weighted by Crippen LogP contribution is 2.31. The molecule has 0 radical (unpaired) electrons. The quantitative estimate of drug-likeness (QED) is 0.802. The van der Waals surface area contributed by atoms with Crippen molar-refractivity contribution in [2.24, 2.45) is 0 Å². The second-order valence-corrected chi connectivity index (χ2v) is 7.45. The summed E-state index contributed by atoms with van der Waals surface area (Å²) < 4.78 is 0. The summed E-state index contributed by atoms with van der Waals surface area (Å²) in [6.07, 6.45) is 4.19. The van der Waals surface area contributed by atoms with Crippen LogP contribution in [0.3, 0.4) is 0 Å². The summed E-state index contributed by atoms with van der Waals surface area (Å²) in [5.41, 5.74) is 2.11. The second-order valence-electron chi connectivity index (χ2n) is 6.07. The van der Waals surface area contributed by atoms with Crippen LogP contribution in [0.15, 0.2) is 30.5 Å². The van der Waals surface area contributed by atoms with E-state index in [1.807, 2.05) is 17.4 Å². The number of nitrogens with zero attached hydrogens (tertiary/aromatic N) is 3. The van der Waals surface area contributed by atoms with Crippen molar-refractivity contribution in [2.75, 3.05) is 13.1 Å². The molecule has 4 rings (SSSR count). The Morgan fingerprint density at radius 3 is 2.91 bits per heavy atom. The molecule has 0 amide bonds. The average molecular weight is 312 g/mol. The molecular weight excluding hydrogens is 292 g/mol. The SMILES string of the molecule is Cc1ccc(CN2CCC(c3[nH]nc4ncccc34)CC2)s1. The molecule has 114 valence electrons. The first kappa shape index (κ1) is 13.9. The van der Waals surface area contributed by atoms with Crippen LogP contribution in [0.25, 0.3) is 11.0 Å². The third-order valence-corrected chi connectivity index (χ3v) is 5.52. The molecule has 4 nitrogen and oxygen atoms in total. The second kappa shape index (κ2) is 5.82. The highest BCUT2D eigenvalue weighted by molar-refractivity contribution is 7.11. The fraction of sp³-hybridized carbons (Fsp3) is 0.412. The molecule has 1 N–H and O–H groups in total. The largest absolute Gasteiger partial charge is 0.298 e. The Morgan fingerprint density at radius 2 is 2.14 bits per heavy atom. The lowest BCUT2D eigenvalue weighted by Crippen LogP contribution is -2.32. The molecule has 1 aliphatic rings. The van der Waals surface area contributed by atoms with E-state index in [4.69, 9.17) is 0 Å². The van der Waals surface area contributed by atoms with E-state index in [2.05, 4.69) is 45.2 Å². The maximum Gasteiger partial charge on any atom is 0.181 e. The van der Waals surface area contributed by atoms with Crippen LogP contribution in [0, 0.1) is 6.92 Å². The Labute approximate surface area is 134 Å². The van der Waals surface area contributed by atoms with Crippen molar-refractivity contribution < 1.29 is 0 Å². The number of nitrogens with one attached hydrogen (secondary N) is 1. The third kappa shape index (κ3) is 2.66. The molecule has 1 saturated heterocycles. The predicted octanol–water partition coefficient (Wildman–Crippen LogP) is 3.71. The van der Waals surface area contributed by atoms with Crippen molar-refractivity contribution in [3.8, 4) is 0 Å². The molecule has 1 fully saturated rings. The lowest BCUT2D eigenvalue weighted by Gasteiger charge is -2.31. The fourth-order valence-corrected chi connectivity index (χ4v) is 4.28. The van der Waals surface area contributed by atoms with Gasteiger partial charge in [-0.1, -0.05) is 0 Å². The van der Waals surface area contributed by atoms with E-state index >= 15 is 0 Å². The van der Waals surface area contributed by atoms with E-state index in [0.717, 1.165) is 25.3 Å². The maximum absolute atomic E-state index is 4.34. The lowest BCUT2D eigenvalue weighted by atomic mass is 9.92. The Kier molecular flexibility index (Phi) is 3.68. The summed E-state index contributed by atoms with van der Waals surface area (Å²) in [5, 5.41) is 8.75. The number of hydrogen-bond donors (Lipinski definition) is 1. The molecule has 0 spiro atoms. The molecule has 0 aliphatic carbocycles. The van der Waals surface area contributed by atoms with Gasteiger partial charge in [-0.3, -0.25) is 10.00 Å². The van der Waals surface area contributed by atoms with Gasteiger partial charge in [-0.25, -0.2) is 4.98 Å². The first-order valence-electron chi connectivity index (χ1n) is 7.86. The van der Waals surface area contributed by atoms with E-state index in [0.29, 0.717) is 5.92 Å². The number of fused-ring (bicyclic) bond motifs is 1. The minimum absolute atomic E-state index is 0.579. The monoisotopic (exact) mass is 312 g/mol. The Balaban J connectivity index is 1.43. The van der Waals surface area contributed by atoms with Crippen LogP contribution in [0.4, 0.5) is 0 Å². The van der Waals surface area contributed by atoms with E-state index in [1.165, 1.54) is 33.7 Å². The third-order valence-electron chi connectivity index (χ3n) is 4.53.